The van der Waals surface area contributed by atoms with E-state index in [2.05, 4.69) is 10.5 Å². The summed E-state index contributed by atoms with van der Waals surface area (Å²) in [6, 6.07) is 10.1. The molecule has 28 heavy (non-hydrogen) atoms. The molecule has 146 valence electrons. The number of hydrogen-bond donors (Lipinski definition) is 1. The molecule has 0 spiro atoms. The van der Waals surface area contributed by atoms with Crippen LogP contribution in [0.5, 0.6) is 0 Å². The molecule has 0 bridgehead atoms. The van der Waals surface area contributed by atoms with Crippen LogP contribution < -0.4 is 5.32 Å². The summed E-state index contributed by atoms with van der Waals surface area (Å²) in [4.78, 5) is 12.2. The van der Waals surface area contributed by atoms with Gasteiger partial charge in [-0.15, -0.1) is 11.8 Å². The molecule has 1 atom stereocenters. The number of thioether (sulfide) groups is 1. The summed E-state index contributed by atoms with van der Waals surface area (Å²) in [6.45, 7) is 1.63. The molecule has 0 aliphatic rings. The normalized spacial score (nSPS) is 12.0. The van der Waals surface area contributed by atoms with Gasteiger partial charge in [-0.3, -0.25) is 4.79 Å². The summed E-state index contributed by atoms with van der Waals surface area (Å²) in [5.74, 6) is -1.31. The van der Waals surface area contributed by atoms with Crippen molar-refractivity contribution in [2.24, 2.45) is 0 Å². The summed E-state index contributed by atoms with van der Waals surface area (Å²) in [6.07, 6.45) is 0. The average Bonchev–Trinajstić information content (AvgIpc) is 3.11. The van der Waals surface area contributed by atoms with Crippen molar-refractivity contribution >= 4 is 46.6 Å². The maximum absolute atomic E-state index is 13.6. The summed E-state index contributed by atoms with van der Waals surface area (Å²) >= 11 is 13.3. The van der Waals surface area contributed by atoms with E-state index in [1.54, 1.807) is 31.2 Å². The monoisotopic (exact) mass is 442 g/mol. The first-order valence-electron chi connectivity index (χ1n) is 8.12. The second kappa shape index (κ2) is 8.94. The largest absolute Gasteiger partial charge is 0.360 e. The number of halogens is 4. The molecule has 4 nitrogen and oxygen atoms in total. The van der Waals surface area contributed by atoms with Gasteiger partial charge in [-0.1, -0.05) is 34.4 Å². The first-order chi connectivity index (χ1) is 13.3. The van der Waals surface area contributed by atoms with Gasteiger partial charge in [0, 0.05) is 16.7 Å². The van der Waals surface area contributed by atoms with Gasteiger partial charge in [0.1, 0.15) is 28.8 Å². The number of hydrogen-bond acceptors (Lipinski definition) is 4. The highest BCUT2D eigenvalue weighted by Gasteiger charge is 2.19. The van der Waals surface area contributed by atoms with Gasteiger partial charge in [0.25, 0.3) is 0 Å². The molecular formula is C19H14Cl2F2N2O2S. The Kier molecular flexibility index (Phi) is 6.59. The Labute approximate surface area is 174 Å². The fourth-order valence-electron chi connectivity index (χ4n) is 2.33. The molecule has 3 aromatic rings. The molecule has 2 aromatic carbocycles. The van der Waals surface area contributed by atoms with E-state index in [1.165, 1.54) is 17.8 Å². The molecular weight excluding hydrogens is 429 g/mol. The van der Waals surface area contributed by atoms with Crippen LogP contribution >= 0.6 is 35.0 Å². The molecule has 1 amide bonds. The lowest BCUT2D eigenvalue weighted by Crippen LogP contribution is -2.23. The Morgan fingerprint density at radius 2 is 1.93 bits per heavy atom. The van der Waals surface area contributed by atoms with Gasteiger partial charge < -0.3 is 9.84 Å². The zero-order valence-corrected chi connectivity index (χ0v) is 16.8. The number of anilines is 1. The third-order valence-corrected chi connectivity index (χ3v) is 5.53. The Morgan fingerprint density at radius 1 is 1.21 bits per heavy atom. The zero-order chi connectivity index (χ0) is 20.3. The number of para-hydroxylation sites is 1. The minimum absolute atomic E-state index is 0.340. The van der Waals surface area contributed by atoms with E-state index in [4.69, 9.17) is 27.7 Å². The summed E-state index contributed by atoms with van der Waals surface area (Å²) in [5, 5.41) is 6.63. The average molecular weight is 443 g/mol. The maximum atomic E-state index is 13.6. The van der Waals surface area contributed by atoms with Gasteiger partial charge in [-0.25, -0.2) is 8.78 Å². The predicted molar refractivity (Wildman–Crippen MR) is 108 cm³/mol. The standard InChI is InChI=1S/C19H14Cl2F2N2O2S/c1-10(19(26)24-18-15(22)3-2-4-16(18)23)28-9-12-8-17(25-27-12)13-6-5-11(20)7-14(13)21/h2-8,10H,9H2,1H3,(H,24,26). The van der Waals surface area contributed by atoms with E-state index < -0.39 is 28.5 Å². The third kappa shape index (κ3) is 4.84. The lowest BCUT2D eigenvalue weighted by molar-refractivity contribution is -0.115. The van der Waals surface area contributed by atoms with Crippen LogP contribution in [0, 0.1) is 11.6 Å². The highest BCUT2D eigenvalue weighted by molar-refractivity contribution is 7.99. The van der Waals surface area contributed by atoms with Crippen LogP contribution in [-0.2, 0) is 10.5 Å². The van der Waals surface area contributed by atoms with Crippen LogP contribution in [0.25, 0.3) is 11.3 Å². The van der Waals surface area contributed by atoms with E-state index in [0.717, 1.165) is 12.1 Å². The molecule has 1 heterocycles. The summed E-state index contributed by atoms with van der Waals surface area (Å²) < 4.78 is 32.6. The quantitative estimate of drug-likeness (QED) is 0.494. The van der Waals surface area contributed by atoms with Crippen LogP contribution in [0.2, 0.25) is 10.0 Å². The molecule has 0 fully saturated rings. The highest BCUT2D eigenvalue weighted by atomic mass is 35.5. The van der Waals surface area contributed by atoms with Gasteiger partial charge in [0.2, 0.25) is 5.91 Å². The van der Waals surface area contributed by atoms with E-state index >= 15 is 0 Å². The van der Waals surface area contributed by atoms with Crippen molar-refractivity contribution in [1.82, 2.24) is 5.16 Å². The van der Waals surface area contributed by atoms with E-state index in [1.807, 2.05) is 0 Å². The molecule has 1 aromatic heterocycles. The Bertz CT molecular complexity index is 993. The fraction of sp³-hybridized carbons (Fsp3) is 0.158. The van der Waals surface area contributed by atoms with Crippen molar-refractivity contribution < 1.29 is 18.1 Å². The minimum atomic E-state index is -0.828. The highest BCUT2D eigenvalue weighted by Crippen LogP contribution is 2.31. The Hall–Kier alpha value is -2.09. The number of benzene rings is 2. The number of aromatic nitrogens is 1. The van der Waals surface area contributed by atoms with Gasteiger partial charge in [-0.05, 0) is 37.3 Å². The Balaban J connectivity index is 1.61. The molecule has 1 unspecified atom stereocenters. The number of rotatable bonds is 6. The summed E-state index contributed by atoms with van der Waals surface area (Å²) in [5.41, 5.74) is 0.758. The molecule has 0 saturated carbocycles. The van der Waals surface area contributed by atoms with Gasteiger partial charge in [-0.2, -0.15) is 0 Å². The van der Waals surface area contributed by atoms with Crippen LogP contribution in [0.3, 0.4) is 0 Å². The fourth-order valence-corrected chi connectivity index (χ4v) is 3.60. The van der Waals surface area contributed by atoms with Crippen LogP contribution in [0.4, 0.5) is 14.5 Å². The van der Waals surface area contributed by atoms with Gasteiger partial charge in [0.15, 0.2) is 0 Å². The second-order valence-corrected chi connectivity index (χ2v) is 8.01. The number of amides is 1. The topological polar surface area (TPSA) is 55.1 Å². The van der Waals surface area contributed by atoms with E-state index in [0.29, 0.717) is 32.8 Å². The first kappa shape index (κ1) is 20.6. The molecule has 9 heteroatoms. The summed E-state index contributed by atoms with van der Waals surface area (Å²) in [7, 11) is 0. The van der Waals surface area contributed by atoms with Gasteiger partial charge in [0.05, 0.1) is 16.0 Å². The third-order valence-electron chi connectivity index (χ3n) is 3.82. The molecule has 0 aliphatic carbocycles. The SMILES string of the molecule is CC(SCc1cc(-c2ccc(Cl)cc2Cl)no1)C(=O)Nc1c(F)cccc1F. The zero-order valence-electron chi connectivity index (χ0n) is 14.5. The van der Waals surface area contributed by atoms with Crippen molar-refractivity contribution in [3.05, 3.63) is 69.9 Å². The number of nitrogens with zero attached hydrogens (tertiary/aromatic N) is 1. The van der Waals surface area contributed by atoms with Crippen LogP contribution in [0.1, 0.15) is 12.7 Å². The maximum Gasteiger partial charge on any atom is 0.237 e. The van der Waals surface area contributed by atoms with Crippen LogP contribution in [0.15, 0.2) is 47.0 Å². The van der Waals surface area contributed by atoms with Crippen molar-refractivity contribution in [3.63, 3.8) is 0 Å². The number of nitrogens with one attached hydrogen (secondary N) is 1. The lowest BCUT2D eigenvalue weighted by Gasteiger charge is -2.12. The second-order valence-electron chi connectivity index (χ2n) is 5.84. The minimum Gasteiger partial charge on any atom is -0.360 e. The van der Waals surface area contributed by atoms with Crippen molar-refractivity contribution in [1.29, 1.82) is 0 Å². The molecule has 0 aliphatic heterocycles. The van der Waals surface area contributed by atoms with E-state index in [9.17, 15) is 13.6 Å². The predicted octanol–water partition coefficient (Wildman–Crippen LogP) is 6.19. The molecule has 3 rings (SSSR count). The molecule has 1 N–H and O–H groups in total. The van der Waals surface area contributed by atoms with E-state index in [-0.39, 0.29) is 0 Å². The number of carbonyl (C=O) groups is 1. The first-order valence-corrected chi connectivity index (χ1v) is 9.93. The lowest BCUT2D eigenvalue weighted by atomic mass is 10.1. The molecule has 0 radical (unpaired) electrons. The Morgan fingerprint density at radius 3 is 2.61 bits per heavy atom. The van der Waals surface area contributed by atoms with Crippen LogP contribution in [-0.4, -0.2) is 16.3 Å². The van der Waals surface area contributed by atoms with Gasteiger partial charge >= 0.3 is 0 Å². The smallest absolute Gasteiger partial charge is 0.237 e. The van der Waals surface area contributed by atoms with Crippen molar-refractivity contribution in [3.8, 4) is 11.3 Å². The molecule has 0 saturated heterocycles. The van der Waals surface area contributed by atoms with Crippen molar-refractivity contribution in [2.45, 2.75) is 17.9 Å². The number of carbonyl (C=O) groups excluding carboxylic acids is 1. The van der Waals surface area contributed by atoms with Crippen molar-refractivity contribution in [2.75, 3.05) is 5.32 Å².